The number of para-hydroxylation sites is 1. The highest BCUT2D eigenvalue weighted by Gasteiger charge is 2.51. The molecule has 1 aliphatic rings. The quantitative estimate of drug-likeness (QED) is 0.583. The number of hydrogen-bond donors (Lipinski definition) is 0. The van der Waals surface area contributed by atoms with Crippen LogP contribution >= 0.6 is 0 Å². The van der Waals surface area contributed by atoms with Crippen molar-refractivity contribution in [1.29, 1.82) is 0 Å². The van der Waals surface area contributed by atoms with Crippen LogP contribution in [0, 0.1) is 5.21 Å². The van der Waals surface area contributed by atoms with Gasteiger partial charge in [-0.3, -0.25) is 10.0 Å². The average Bonchev–Trinajstić information content (AvgIpc) is 2.91. The fourth-order valence-electron chi connectivity index (χ4n) is 2.42. The maximum Gasteiger partial charge on any atom is 0.405 e. The Morgan fingerprint density at radius 1 is 1.30 bits per heavy atom. The molecule has 0 unspecified atom stereocenters. The number of benzene rings is 1. The van der Waals surface area contributed by atoms with Crippen LogP contribution in [-0.4, -0.2) is 49.5 Å². The van der Waals surface area contributed by atoms with E-state index in [9.17, 15) is 14.8 Å². The predicted octanol–water partition coefficient (Wildman–Crippen LogP) is 0.780. The zero-order valence-corrected chi connectivity index (χ0v) is 13.0. The molecule has 2 rings (SSSR count). The normalized spacial score (nSPS) is 20.0. The molecule has 0 bridgehead atoms. The van der Waals surface area contributed by atoms with Crippen LogP contribution in [0.3, 0.4) is 0 Å². The maximum atomic E-state index is 12.1. The first kappa shape index (κ1) is 16.6. The zero-order chi connectivity index (χ0) is 17.0. The molecule has 1 aromatic carbocycles. The third-order valence-corrected chi connectivity index (χ3v) is 3.39. The van der Waals surface area contributed by atoms with Crippen LogP contribution < -0.4 is 4.74 Å². The van der Waals surface area contributed by atoms with Crippen LogP contribution in [0.2, 0.25) is 0 Å². The monoisotopic (exact) mass is 323 g/mol. The lowest BCUT2D eigenvalue weighted by Gasteiger charge is -2.19. The number of carbonyl (C=O) groups is 2. The lowest BCUT2D eigenvalue weighted by molar-refractivity contribution is -0.736. The summed E-state index contributed by atoms with van der Waals surface area (Å²) in [4.78, 5) is 29.1. The Morgan fingerprint density at radius 2 is 2.00 bits per heavy atom. The molecule has 2 atom stereocenters. The summed E-state index contributed by atoms with van der Waals surface area (Å²) in [6, 6.07) is 6.72. The number of nitrogens with zero attached hydrogens (tertiary/aromatic N) is 1. The van der Waals surface area contributed by atoms with Crippen molar-refractivity contribution in [3.63, 3.8) is 0 Å². The van der Waals surface area contributed by atoms with Gasteiger partial charge in [0.2, 0.25) is 0 Å². The van der Waals surface area contributed by atoms with Crippen LogP contribution in [0.5, 0.6) is 5.75 Å². The Kier molecular flexibility index (Phi) is 5.05. The second-order valence-corrected chi connectivity index (χ2v) is 4.63. The number of rotatable bonds is 5. The molecule has 124 valence electrons. The zero-order valence-electron chi connectivity index (χ0n) is 13.0. The Hall–Kier alpha value is -2.77. The molecule has 0 saturated heterocycles. The first-order valence-corrected chi connectivity index (χ1v) is 6.93. The van der Waals surface area contributed by atoms with E-state index in [1.54, 1.807) is 31.2 Å². The van der Waals surface area contributed by atoms with Gasteiger partial charge in [0.05, 0.1) is 25.7 Å². The smallest absolute Gasteiger partial charge is 0.405 e. The lowest BCUT2D eigenvalue weighted by atomic mass is 9.88. The minimum absolute atomic E-state index is 0.00449. The van der Waals surface area contributed by atoms with Crippen molar-refractivity contribution in [3.8, 4) is 5.75 Å². The van der Waals surface area contributed by atoms with E-state index >= 15 is 0 Å². The number of methoxy groups -OCH3 is 2. The standard InChI is InChI=1S/C15H17NO7/c1-4-22-15(18)13-11(9-7-5-6-8-10(9)20-2)12(14(17)21-3)16(19)23-13/h5-8,11,13H,4H2,1-3H3/t11-,13-/m0/s1. The number of esters is 2. The van der Waals surface area contributed by atoms with Crippen molar-refractivity contribution in [2.24, 2.45) is 0 Å². The molecule has 0 radical (unpaired) electrons. The van der Waals surface area contributed by atoms with Gasteiger partial charge in [-0.25, -0.2) is 4.79 Å². The molecule has 0 spiro atoms. The number of hydrogen-bond acceptors (Lipinski definition) is 7. The van der Waals surface area contributed by atoms with Gasteiger partial charge < -0.3 is 19.0 Å². The molecule has 8 heteroatoms. The third kappa shape index (κ3) is 3.05. The van der Waals surface area contributed by atoms with Crippen LogP contribution in [0.15, 0.2) is 24.3 Å². The third-order valence-electron chi connectivity index (χ3n) is 3.39. The molecule has 0 amide bonds. The van der Waals surface area contributed by atoms with E-state index in [0.29, 0.717) is 11.3 Å². The van der Waals surface area contributed by atoms with Gasteiger partial charge in [-0.1, -0.05) is 18.2 Å². The van der Waals surface area contributed by atoms with E-state index in [1.807, 2.05) is 0 Å². The van der Waals surface area contributed by atoms with E-state index in [0.717, 1.165) is 7.11 Å². The second kappa shape index (κ2) is 6.99. The molecule has 0 fully saturated rings. The highest BCUT2D eigenvalue weighted by Crippen LogP contribution is 2.35. The maximum absolute atomic E-state index is 12.1. The fourth-order valence-corrected chi connectivity index (χ4v) is 2.42. The summed E-state index contributed by atoms with van der Waals surface area (Å²) in [6.45, 7) is 1.74. The van der Waals surface area contributed by atoms with Gasteiger partial charge in [0, 0.05) is 5.56 Å². The van der Waals surface area contributed by atoms with Crippen LogP contribution in [0.1, 0.15) is 18.4 Å². The SMILES string of the molecule is CCOC(=O)[C@H]1O[N+]([O-])=C(C(=O)OC)[C@@H]1c1ccccc1OC. The minimum atomic E-state index is -1.29. The molecule has 1 aromatic rings. The molecular formula is C15H17NO7. The van der Waals surface area contributed by atoms with Gasteiger partial charge >= 0.3 is 17.7 Å². The average molecular weight is 323 g/mol. The van der Waals surface area contributed by atoms with Gasteiger partial charge in [-0.2, -0.15) is 0 Å². The van der Waals surface area contributed by atoms with Crippen LogP contribution in [-0.2, 0) is 23.9 Å². The van der Waals surface area contributed by atoms with Crippen molar-refractivity contribution >= 4 is 17.7 Å². The van der Waals surface area contributed by atoms with Gasteiger partial charge in [0.15, 0.2) is 6.10 Å². The molecule has 0 N–H and O–H groups in total. The largest absolute Gasteiger partial charge is 0.496 e. The van der Waals surface area contributed by atoms with E-state index in [4.69, 9.17) is 14.3 Å². The summed E-state index contributed by atoms with van der Waals surface area (Å²) in [5, 5.41) is 12.0. The van der Waals surface area contributed by atoms with Gasteiger partial charge in [0.1, 0.15) is 11.7 Å². The fraction of sp³-hybridized carbons (Fsp3) is 0.400. The summed E-state index contributed by atoms with van der Waals surface area (Å²) >= 11 is 0. The molecule has 23 heavy (non-hydrogen) atoms. The molecule has 0 aliphatic carbocycles. The van der Waals surface area contributed by atoms with Gasteiger partial charge in [-0.05, 0) is 13.0 Å². The van der Waals surface area contributed by atoms with Crippen molar-refractivity contribution < 1.29 is 33.5 Å². The topological polar surface area (TPSA) is 97.1 Å². The van der Waals surface area contributed by atoms with Gasteiger partial charge in [-0.15, -0.1) is 0 Å². The molecule has 1 heterocycles. The van der Waals surface area contributed by atoms with Crippen molar-refractivity contribution in [2.75, 3.05) is 20.8 Å². The molecule has 8 nitrogen and oxygen atoms in total. The van der Waals surface area contributed by atoms with E-state index < -0.39 is 24.0 Å². The van der Waals surface area contributed by atoms with E-state index in [1.165, 1.54) is 7.11 Å². The first-order chi connectivity index (χ1) is 11.0. The van der Waals surface area contributed by atoms with E-state index in [2.05, 4.69) is 4.74 Å². The number of carbonyl (C=O) groups excluding carboxylic acids is 2. The Bertz CT molecular complexity index is 640. The summed E-state index contributed by atoms with van der Waals surface area (Å²) in [6.07, 6.45) is -1.29. The second-order valence-electron chi connectivity index (χ2n) is 4.63. The van der Waals surface area contributed by atoms with Crippen molar-refractivity contribution in [1.82, 2.24) is 0 Å². The van der Waals surface area contributed by atoms with Gasteiger partial charge in [0.25, 0.3) is 0 Å². The van der Waals surface area contributed by atoms with Crippen molar-refractivity contribution in [2.45, 2.75) is 18.9 Å². The minimum Gasteiger partial charge on any atom is -0.496 e. The molecule has 1 aliphatic heterocycles. The van der Waals surface area contributed by atoms with Crippen LogP contribution in [0.25, 0.3) is 0 Å². The van der Waals surface area contributed by atoms with E-state index in [-0.39, 0.29) is 17.2 Å². The predicted molar refractivity (Wildman–Crippen MR) is 77.9 cm³/mol. The highest BCUT2D eigenvalue weighted by molar-refractivity contribution is 6.37. The molecule has 0 saturated carbocycles. The van der Waals surface area contributed by atoms with Crippen LogP contribution in [0.4, 0.5) is 0 Å². The Labute approximate surface area is 132 Å². The summed E-state index contributed by atoms with van der Waals surface area (Å²) in [5.74, 6) is -2.21. The molecular weight excluding hydrogens is 306 g/mol. The Balaban J connectivity index is 2.53. The summed E-state index contributed by atoms with van der Waals surface area (Å²) in [7, 11) is 2.58. The summed E-state index contributed by atoms with van der Waals surface area (Å²) in [5.41, 5.74) is 0.113. The summed E-state index contributed by atoms with van der Waals surface area (Å²) < 4.78 is 14.8. The first-order valence-electron chi connectivity index (χ1n) is 6.93. The highest BCUT2D eigenvalue weighted by atomic mass is 16.9. The Morgan fingerprint density at radius 3 is 2.61 bits per heavy atom. The lowest BCUT2D eigenvalue weighted by Crippen LogP contribution is -2.34. The molecule has 0 aromatic heterocycles. The van der Waals surface area contributed by atoms with Crippen molar-refractivity contribution in [3.05, 3.63) is 35.0 Å². The number of ether oxygens (including phenoxy) is 3.